The Morgan fingerprint density at radius 2 is 1.92 bits per heavy atom. The number of methoxy groups -OCH3 is 2. The lowest BCUT2D eigenvalue weighted by Crippen LogP contribution is -2.13. The van der Waals surface area contributed by atoms with E-state index in [4.69, 9.17) is 14.2 Å². The second-order valence-corrected chi connectivity index (χ2v) is 6.34. The maximum atomic E-state index is 5.75. The van der Waals surface area contributed by atoms with Gasteiger partial charge in [-0.15, -0.1) is 0 Å². The number of benzene rings is 1. The molecule has 0 fully saturated rings. The second kappa shape index (κ2) is 9.98. The zero-order valence-electron chi connectivity index (χ0n) is 16.2. The van der Waals surface area contributed by atoms with Crippen LogP contribution < -0.4 is 0 Å². The number of hydrogen-bond donors (Lipinski definition) is 0. The fraction of sp³-hybridized carbons (Fsp3) is 0.364. The number of ether oxygens (including phenoxy) is 3. The predicted molar refractivity (Wildman–Crippen MR) is 107 cm³/mol. The average Bonchev–Trinajstić information content (AvgIpc) is 2.96. The van der Waals surface area contributed by atoms with Crippen molar-refractivity contribution in [2.75, 3.05) is 21.0 Å². The minimum Gasteiger partial charge on any atom is -0.364 e. The van der Waals surface area contributed by atoms with Crippen LogP contribution in [-0.4, -0.2) is 31.7 Å². The normalized spacial score (nSPS) is 12.6. The number of rotatable bonds is 7. The van der Waals surface area contributed by atoms with Gasteiger partial charge in [0.1, 0.15) is 19.6 Å². The Morgan fingerprint density at radius 1 is 1.15 bits per heavy atom. The number of fused-ring (bicyclic) bond motifs is 1. The molecule has 0 aliphatic carbocycles. The number of nitrogens with zero attached hydrogens (tertiary/aromatic N) is 1. The third-order valence-electron chi connectivity index (χ3n) is 3.81. The molecule has 0 saturated heterocycles. The molecule has 0 radical (unpaired) electrons. The van der Waals surface area contributed by atoms with Gasteiger partial charge < -0.3 is 18.8 Å². The molecule has 2 aromatic rings. The highest BCUT2D eigenvalue weighted by Crippen LogP contribution is 2.24. The van der Waals surface area contributed by atoms with E-state index in [9.17, 15) is 0 Å². The number of hydrogen-bond acceptors (Lipinski definition) is 3. The topological polar surface area (TPSA) is 32.6 Å². The highest BCUT2D eigenvalue weighted by molar-refractivity contribution is 5.90. The summed E-state index contributed by atoms with van der Waals surface area (Å²) < 4.78 is 18.2. The van der Waals surface area contributed by atoms with E-state index >= 15 is 0 Å². The van der Waals surface area contributed by atoms with Crippen LogP contribution in [0.4, 0.5) is 0 Å². The van der Waals surface area contributed by atoms with Gasteiger partial charge in [0, 0.05) is 31.4 Å². The first-order chi connectivity index (χ1) is 12.6. The Balaban J connectivity index is 2.39. The van der Waals surface area contributed by atoms with Crippen LogP contribution in [0.3, 0.4) is 0 Å². The quantitative estimate of drug-likeness (QED) is 0.538. The van der Waals surface area contributed by atoms with Crippen LogP contribution in [0.25, 0.3) is 17.0 Å². The summed E-state index contributed by atoms with van der Waals surface area (Å²) in [5, 5.41) is 1.17. The Labute approximate surface area is 156 Å². The van der Waals surface area contributed by atoms with Gasteiger partial charge in [0.25, 0.3) is 0 Å². The summed E-state index contributed by atoms with van der Waals surface area (Å²) >= 11 is 0. The Hall–Kier alpha value is -2.32. The smallest absolute Gasteiger partial charge is 0.148 e. The van der Waals surface area contributed by atoms with E-state index in [2.05, 4.69) is 40.8 Å². The van der Waals surface area contributed by atoms with Gasteiger partial charge in [-0.2, -0.15) is 0 Å². The van der Waals surface area contributed by atoms with Crippen LogP contribution in [0.2, 0.25) is 0 Å². The molecule has 26 heavy (non-hydrogen) atoms. The van der Waals surface area contributed by atoms with Crippen molar-refractivity contribution in [3.63, 3.8) is 0 Å². The van der Waals surface area contributed by atoms with E-state index < -0.39 is 0 Å². The van der Waals surface area contributed by atoms with Crippen LogP contribution >= 0.6 is 0 Å². The van der Waals surface area contributed by atoms with Crippen molar-refractivity contribution in [3.8, 4) is 11.8 Å². The Kier molecular flexibility index (Phi) is 7.68. The molecule has 0 saturated carbocycles. The molecule has 2 rings (SSSR count). The maximum Gasteiger partial charge on any atom is 0.148 e. The molecule has 1 aromatic heterocycles. The van der Waals surface area contributed by atoms with Crippen molar-refractivity contribution in [2.45, 2.75) is 33.6 Å². The van der Waals surface area contributed by atoms with Gasteiger partial charge in [-0.25, -0.2) is 0 Å². The fourth-order valence-electron chi connectivity index (χ4n) is 2.64. The Morgan fingerprint density at radius 3 is 2.62 bits per heavy atom. The molecule has 0 aliphatic rings. The molecule has 4 nitrogen and oxygen atoms in total. The highest BCUT2D eigenvalue weighted by atomic mass is 16.7. The van der Waals surface area contributed by atoms with E-state index in [0.717, 1.165) is 22.2 Å². The van der Waals surface area contributed by atoms with Gasteiger partial charge in [-0.3, -0.25) is 0 Å². The van der Waals surface area contributed by atoms with Crippen LogP contribution in [0.5, 0.6) is 0 Å². The maximum absolute atomic E-state index is 5.75. The van der Waals surface area contributed by atoms with Crippen molar-refractivity contribution < 1.29 is 14.2 Å². The zero-order chi connectivity index (χ0) is 18.9. The molecule has 1 aromatic carbocycles. The van der Waals surface area contributed by atoms with Crippen LogP contribution in [0, 0.1) is 11.8 Å². The van der Waals surface area contributed by atoms with E-state index in [1.54, 1.807) is 14.2 Å². The van der Waals surface area contributed by atoms with Crippen molar-refractivity contribution in [2.24, 2.45) is 0 Å². The fourth-order valence-corrected chi connectivity index (χ4v) is 2.64. The number of allylic oxidation sites excluding steroid dienone is 2. The zero-order valence-corrected chi connectivity index (χ0v) is 16.2. The highest BCUT2D eigenvalue weighted by Gasteiger charge is 2.11. The molecule has 0 amide bonds. The lowest BCUT2D eigenvalue weighted by molar-refractivity contribution is -0.0412. The standard InChI is InChI=1S/C22H27NO3/c1-17(2)9-8-12-22(26-16-25-5)18(3)13-19-14-23(15-24-4)21-11-7-6-10-20(19)21/h6-7,9-11,13-14,22H,15-16H2,1-5H3/b18-13-. The molecular weight excluding hydrogens is 326 g/mol. The van der Waals surface area contributed by atoms with Crippen LogP contribution in [0.1, 0.15) is 26.3 Å². The molecule has 1 heterocycles. The largest absolute Gasteiger partial charge is 0.364 e. The van der Waals surface area contributed by atoms with Crippen LogP contribution in [-0.2, 0) is 20.9 Å². The van der Waals surface area contributed by atoms with Crippen LogP contribution in [0.15, 0.2) is 47.7 Å². The molecule has 1 atom stereocenters. The van der Waals surface area contributed by atoms with E-state index in [0.29, 0.717) is 6.73 Å². The third kappa shape index (κ3) is 5.34. The molecule has 1 unspecified atom stereocenters. The van der Waals surface area contributed by atoms with E-state index in [1.807, 2.05) is 39.0 Å². The first-order valence-electron chi connectivity index (χ1n) is 8.56. The summed E-state index contributed by atoms with van der Waals surface area (Å²) in [5.74, 6) is 6.22. The molecule has 0 aliphatic heterocycles. The van der Waals surface area contributed by atoms with Gasteiger partial charge >= 0.3 is 0 Å². The third-order valence-corrected chi connectivity index (χ3v) is 3.81. The molecule has 138 valence electrons. The van der Waals surface area contributed by atoms with Crippen molar-refractivity contribution in [1.82, 2.24) is 4.57 Å². The lowest BCUT2D eigenvalue weighted by atomic mass is 10.1. The molecule has 0 N–H and O–H groups in total. The first-order valence-corrected chi connectivity index (χ1v) is 8.56. The van der Waals surface area contributed by atoms with Gasteiger partial charge in [0.15, 0.2) is 0 Å². The summed E-state index contributed by atoms with van der Waals surface area (Å²) in [7, 11) is 3.31. The minimum atomic E-state index is -0.324. The summed E-state index contributed by atoms with van der Waals surface area (Å²) in [6, 6.07) is 8.28. The summed E-state index contributed by atoms with van der Waals surface area (Å²) in [6.45, 7) is 6.78. The monoisotopic (exact) mass is 353 g/mol. The van der Waals surface area contributed by atoms with Crippen molar-refractivity contribution in [3.05, 3.63) is 53.2 Å². The number of para-hydroxylation sites is 1. The molecular formula is C22H27NO3. The summed E-state index contributed by atoms with van der Waals surface area (Å²) in [5.41, 5.74) is 4.44. The molecule has 4 heteroatoms. The van der Waals surface area contributed by atoms with Gasteiger partial charge in [-0.1, -0.05) is 41.7 Å². The van der Waals surface area contributed by atoms with E-state index in [1.165, 1.54) is 5.39 Å². The Bertz CT molecular complexity index is 845. The van der Waals surface area contributed by atoms with Gasteiger partial charge in [0.05, 0.1) is 5.52 Å². The van der Waals surface area contributed by atoms with E-state index in [-0.39, 0.29) is 12.9 Å². The predicted octanol–water partition coefficient (Wildman–Crippen LogP) is 4.61. The molecule has 0 bridgehead atoms. The average molecular weight is 353 g/mol. The molecule has 0 spiro atoms. The minimum absolute atomic E-state index is 0.199. The number of aromatic nitrogens is 1. The lowest BCUT2D eigenvalue weighted by Gasteiger charge is -2.12. The van der Waals surface area contributed by atoms with Gasteiger partial charge in [0.2, 0.25) is 0 Å². The SMILES string of the molecule is COCOC(C#CC=C(C)C)/C(C)=C\c1cn(COC)c2ccccc12. The van der Waals surface area contributed by atoms with Crippen molar-refractivity contribution in [1.29, 1.82) is 0 Å². The van der Waals surface area contributed by atoms with Crippen molar-refractivity contribution >= 4 is 17.0 Å². The van der Waals surface area contributed by atoms with Gasteiger partial charge in [-0.05, 0) is 38.5 Å². The second-order valence-electron chi connectivity index (χ2n) is 6.34. The summed E-state index contributed by atoms with van der Waals surface area (Å²) in [6.07, 6.45) is 5.77. The first kappa shape index (κ1) is 20.0. The summed E-state index contributed by atoms with van der Waals surface area (Å²) in [4.78, 5) is 0.